The minimum Gasteiger partial charge on any atom is -0.492 e. The monoisotopic (exact) mass is 400 g/mol. The first-order valence-corrected chi connectivity index (χ1v) is 11.1. The Labute approximate surface area is 180 Å². The highest BCUT2D eigenvalue weighted by Crippen LogP contribution is 2.27. The fraction of sp³-hybridized carbons (Fsp3) is 0.333. The Bertz CT molecular complexity index is 832. The van der Waals surface area contributed by atoms with Gasteiger partial charge in [-0.2, -0.15) is 0 Å². The highest BCUT2D eigenvalue weighted by molar-refractivity contribution is 5.63. The molecule has 0 bridgehead atoms. The Hall–Kier alpha value is -2.78. The van der Waals surface area contributed by atoms with Gasteiger partial charge in [-0.05, 0) is 73.8 Å². The van der Waals surface area contributed by atoms with Crippen LogP contribution in [0.5, 0.6) is 5.75 Å². The molecular formula is C27H32N2O. The van der Waals surface area contributed by atoms with Crippen molar-refractivity contribution in [3.63, 3.8) is 0 Å². The zero-order chi connectivity index (χ0) is 20.6. The van der Waals surface area contributed by atoms with Crippen LogP contribution >= 0.6 is 0 Å². The first kappa shape index (κ1) is 20.5. The van der Waals surface area contributed by atoms with Crippen molar-refractivity contribution in [1.29, 1.82) is 0 Å². The Morgan fingerprint density at radius 3 is 1.93 bits per heavy atom. The predicted octanol–water partition coefficient (Wildman–Crippen LogP) is 6.14. The topological polar surface area (TPSA) is 15.7 Å². The van der Waals surface area contributed by atoms with E-state index in [1.807, 2.05) is 0 Å². The molecule has 1 aliphatic heterocycles. The van der Waals surface area contributed by atoms with Crippen molar-refractivity contribution in [2.75, 3.05) is 31.1 Å². The summed E-state index contributed by atoms with van der Waals surface area (Å²) in [6, 6.07) is 29.7. The van der Waals surface area contributed by atoms with E-state index in [1.54, 1.807) is 0 Å². The SMILES string of the molecule is CC1CCN(CCOc2ccc(CN(c3ccccc3)c3ccccc3)cc2)CC1. The second kappa shape index (κ2) is 10.3. The van der Waals surface area contributed by atoms with E-state index in [4.69, 9.17) is 4.74 Å². The lowest BCUT2D eigenvalue weighted by Crippen LogP contribution is -2.35. The van der Waals surface area contributed by atoms with Crippen molar-refractivity contribution < 1.29 is 4.74 Å². The van der Waals surface area contributed by atoms with Gasteiger partial charge in [0.2, 0.25) is 0 Å². The molecule has 0 N–H and O–H groups in total. The molecule has 3 heteroatoms. The van der Waals surface area contributed by atoms with Crippen LogP contribution in [-0.4, -0.2) is 31.1 Å². The number of ether oxygens (including phenoxy) is 1. The summed E-state index contributed by atoms with van der Waals surface area (Å²) in [4.78, 5) is 4.86. The third kappa shape index (κ3) is 5.64. The van der Waals surface area contributed by atoms with E-state index in [0.29, 0.717) is 0 Å². The van der Waals surface area contributed by atoms with Gasteiger partial charge in [0.05, 0.1) is 0 Å². The number of piperidine rings is 1. The van der Waals surface area contributed by atoms with E-state index >= 15 is 0 Å². The molecule has 1 fully saturated rings. The normalized spacial score (nSPS) is 15.1. The van der Waals surface area contributed by atoms with Gasteiger partial charge in [-0.1, -0.05) is 55.5 Å². The van der Waals surface area contributed by atoms with Gasteiger partial charge in [0.1, 0.15) is 12.4 Å². The molecule has 1 heterocycles. The molecule has 3 aromatic carbocycles. The van der Waals surface area contributed by atoms with Crippen LogP contribution in [0.15, 0.2) is 84.9 Å². The largest absolute Gasteiger partial charge is 0.492 e. The standard InChI is InChI=1S/C27H32N2O/c1-23-16-18-28(19-17-23)20-21-30-27-14-12-24(13-15-27)22-29(25-8-4-2-5-9-25)26-10-6-3-7-11-26/h2-15,23H,16-22H2,1H3. The maximum atomic E-state index is 6.01. The van der Waals surface area contributed by atoms with Crippen LogP contribution in [0.3, 0.4) is 0 Å². The molecule has 0 unspecified atom stereocenters. The van der Waals surface area contributed by atoms with E-state index in [9.17, 15) is 0 Å². The van der Waals surface area contributed by atoms with E-state index in [1.165, 1.54) is 42.9 Å². The molecule has 0 amide bonds. The first-order chi connectivity index (χ1) is 14.8. The number of likely N-dealkylation sites (tertiary alicyclic amines) is 1. The van der Waals surface area contributed by atoms with Gasteiger partial charge < -0.3 is 9.64 Å². The van der Waals surface area contributed by atoms with Gasteiger partial charge >= 0.3 is 0 Å². The second-order valence-electron chi connectivity index (χ2n) is 8.27. The van der Waals surface area contributed by atoms with Gasteiger partial charge in [0.25, 0.3) is 0 Å². The fourth-order valence-corrected chi connectivity index (χ4v) is 4.00. The molecule has 30 heavy (non-hydrogen) atoms. The number of anilines is 2. The van der Waals surface area contributed by atoms with Gasteiger partial charge in [0.15, 0.2) is 0 Å². The maximum absolute atomic E-state index is 6.01. The molecule has 3 aromatic rings. The summed E-state index contributed by atoms with van der Waals surface area (Å²) in [5, 5.41) is 0. The van der Waals surface area contributed by atoms with Crippen molar-refractivity contribution in [3.05, 3.63) is 90.5 Å². The van der Waals surface area contributed by atoms with Crippen LogP contribution in [0.4, 0.5) is 11.4 Å². The highest BCUT2D eigenvalue weighted by atomic mass is 16.5. The molecule has 1 saturated heterocycles. The predicted molar refractivity (Wildman–Crippen MR) is 126 cm³/mol. The van der Waals surface area contributed by atoms with Crippen LogP contribution in [0.25, 0.3) is 0 Å². The lowest BCUT2D eigenvalue weighted by Gasteiger charge is -2.29. The summed E-state index contributed by atoms with van der Waals surface area (Å²) in [6.07, 6.45) is 2.63. The number of hydrogen-bond donors (Lipinski definition) is 0. The number of hydrogen-bond acceptors (Lipinski definition) is 3. The molecule has 0 saturated carbocycles. The third-order valence-electron chi connectivity index (χ3n) is 5.95. The number of nitrogens with zero attached hydrogens (tertiary/aromatic N) is 2. The summed E-state index contributed by atoms with van der Waals surface area (Å²) < 4.78 is 6.01. The van der Waals surface area contributed by atoms with Gasteiger partial charge in [-0.15, -0.1) is 0 Å². The van der Waals surface area contributed by atoms with Gasteiger partial charge in [-0.3, -0.25) is 4.90 Å². The van der Waals surface area contributed by atoms with Gasteiger partial charge in [0, 0.05) is 24.5 Å². The molecule has 0 atom stereocenters. The van der Waals surface area contributed by atoms with Crippen LogP contribution in [-0.2, 0) is 6.54 Å². The Kier molecular flexibility index (Phi) is 7.04. The van der Waals surface area contributed by atoms with Crippen LogP contribution in [0.1, 0.15) is 25.3 Å². The average molecular weight is 401 g/mol. The molecule has 0 aromatic heterocycles. The Balaban J connectivity index is 1.35. The van der Waals surface area contributed by atoms with E-state index < -0.39 is 0 Å². The Morgan fingerprint density at radius 2 is 1.37 bits per heavy atom. The Morgan fingerprint density at radius 1 is 0.800 bits per heavy atom. The average Bonchev–Trinajstić information content (AvgIpc) is 2.81. The lowest BCUT2D eigenvalue weighted by atomic mass is 9.99. The summed E-state index contributed by atoms with van der Waals surface area (Å²) in [5.41, 5.74) is 3.65. The molecule has 0 spiro atoms. The zero-order valence-corrected chi connectivity index (χ0v) is 17.9. The van der Waals surface area contributed by atoms with Crippen molar-refractivity contribution in [2.24, 2.45) is 5.92 Å². The third-order valence-corrected chi connectivity index (χ3v) is 5.95. The van der Waals surface area contributed by atoms with Crippen molar-refractivity contribution >= 4 is 11.4 Å². The summed E-state index contributed by atoms with van der Waals surface area (Å²) in [6.45, 7) is 7.36. The van der Waals surface area contributed by atoms with Gasteiger partial charge in [-0.25, -0.2) is 0 Å². The molecular weight excluding hydrogens is 368 g/mol. The minimum absolute atomic E-state index is 0.758. The fourth-order valence-electron chi connectivity index (χ4n) is 4.00. The summed E-state index contributed by atoms with van der Waals surface area (Å²) in [7, 11) is 0. The second-order valence-corrected chi connectivity index (χ2v) is 8.27. The minimum atomic E-state index is 0.758. The molecule has 3 nitrogen and oxygen atoms in total. The van der Waals surface area contributed by atoms with E-state index in [2.05, 4.69) is 102 Å². The molecule has 1 aliphatic rings. The zero-order valence-electron chi connectivity index (χ0n) is 17.9. The first-order valence-electron chi connectivity index (χ1n) is 11.1. The maximum Gasteiger partial charge on any atom is 0.119 e. The van der Waals surface area contributed by atoms with Crippen LogP contribution in [0.2, 0.25) is 0 Å². The molecule has 4 rings (SSSR count). The summed E-state index contributed by atoms with van der Waals surface area (Å²) >= 11 is 0. The quantitative estimate of drug-likeness (QED) is 0.452. The van der Waals surface area contributed by atoms with E-state index in [-0.39, 0.29) is 0 Å². The van der Waals surface area contributed by atoms with Crippen LogP contribution < -0.4 is 9.64 Å². The molecule has 0 radical (unpaired) electrons. The molecule has 0 aliphatic carbocycles. The van der Waals surface area contributed by atoms with Crippen molar-refractivity contribution in [1.82, 2.24) is 4.90 Å². The van der Waals surface area contributed by atoms with E-state index in [0.717, 1.165) is 31.4 Å². The van der Waals surface area contributed by atoms with Crippen molar-refractivity contribution in [2.45, 2.75) is 26.3 Å². The smallest absolute Gasteiger partial charge is 0.119 e. The van der Waals surface area contributed by atoms with Crippen LogP contribution in [0, 0.1) is 5.92 Å². The number of para-hydroxylation sites is 2. The number of rotatable bonds is 8. The number of benzene rings is 3. The molecule has 156 valence electrons. The summed E-state index contributed by atoms with van der Waals surface area (Å²) in [5.74, 6) is 1.83. The highest BCUT2D eigenvalue weighted by Gasteiger charge is 2.15. The van der Waals surface area contributed by atoms with Crippen molar-refractivity contribution in [3.8, 4) is 5.75 Å². The lowest BCUT2D eigenvalue weighted by molar-refractivity contribution is 0.160.